The Morgan fingerprint density at radius 2 is 1.86 bits per heavy atom. The Labute approximate surface area is 172 Å². The molecule has 1 fully saturated rings. The number of carbonyl (C=O) groups is 2. The fraction of sp³-hybridized carbons (Fsp3) is 0.353. The average Bonchev–Trinajstić information content (AvgIpc) is 3.17. The Hall–Kier alpha value is -2.38. The third-order valence-electron chi connectivity index (χ3n) is 4.21. The van der Waals surface area contributed by atoms with Crippen molar-refractivity contribution in [2.45, 2.75) is 4.90 Å². The van der Waals surface area contributed by atoms with Crippen LogP contribution in [0.2, 0.25) is 0 Å². The van der Waals surface area contributed by atoms with Crippen LogP contribution in [0.4, 0.5) is 5.13 Å². The molecule has 29 heavy (non-hydrogen) atoms. The van der Waals surface area contributed by atoms with Crippen LogP contribution >= 0.6 is 11.3 Å². The number of nitrogens with zero attached hydrogens (tertiary/aromatic N) is 2. The zero-order valence-electron chi connectivity index (χ0n) is 15.5. The van der Waals surface area contributed by atoms with Gasteiger partial charge in [0.2, 0.25) is 10.0 Å². The van der Waals surface area contributed by atoms with Gasteiger partial charge in [0.15, 0.2) is 5.13 Å². The van der Waals surface area contributed by atoms with Crippen molar-refractivity contribution in [3.8, 4) is 0 Å². The molecule has 0 spiro atoms. The van der Waals surface area contributed by atoms with Gasteiger partial charge in [-0.3, -0.25) is 19.8 Å². The van der Waals surface area contributed by atoms with E-state index >= 15 is 0 Å². The third-order valence-corrected chi connectivity index (χ3v) is 6.05. The van der Waals surface area contributed by atoms with E-state index in [1.54, 1.807) is 0 Å². The molecule has 2 amide bonds. The lowest BCUT2D eigenvalue weighted by Crippen LogP contribution is -2.41. The lowest BCUT2D eigenvalue weighted by atomic mass is 10.2. The highest BCUT2D eigenvalue weighted by Gasteiger charge is 2.15. The minimum absolute atomic E-state index is 0.0839. The van der Waals surface area contributed by atoms with E-state index in [2.05, 4.69) is 20.5 Å². The molecule has 12 heteroatoms. The number of nitrogens with two attached hydrogens (primary N) is 1. The van der Waals surface area contributed by atoms with Gasteiger partial charge in [0, 0.05) is 31.7 Å². The maximum Gasteiger partial charge on any atom is 0.263 e. The summed E-state index contributed by atoms with van der Waals surface area (Å²) in [4.78, 5) is 31.0. The molecule has 1 aromatic carbocycles. The predicted octanol–water partition coefficient (Wildman–Crippen LogP) is 0.105. The second-order valence-corrected chi connectivity index (χ2v) is 8.86. The van der Waals surface area contributed by atoms with Crippen LogP contribution in [0, 0.1) is 0 Å². The van der Waals surface area contributed by atoms with Gasteiger partial charge < -0.3 is 10.1 Å². The second-order valence-electron chi connectivity index (χ2n) is 6.26. The first kappa shape index (κ1) is 21.3. The van der Waals surface area contributed by atoms with Crippen molar-refractivity contribution < 1.29 is 22.7 Å². The molecule has 2 aromatic rings. The van der Waals surface area contributed by atoms with E-state index in [9.17, 15) is 18.0 Å². The molecule has 1 aliphatic heterocycles. The summed E-state index contributed by atoms with van der Waals surface area (Å²) < 4.78 is 27.8. The molecule has 0 atom stereocenters. The molecule has 10 nitrogen and oxygen atoms in total. The fourth-order valence-corrected chi connectivity index (χ4v) is 3.88. The summed E-state index contributed by atoms with van der Waals surface area (Å²) in [7, 11) is -3.82. The number of thiazole rings is 1. The molecule has 4 N–H and O–H groups in total. The van der Waals surface area contributed by atoms with Crippen molar-refractivity contribution in [2.75, 3.05) is 44.7 Å². The van der Waals surface area contributed by atoms with Crippen molar-refractivity contribution in [1.82, 2.24) is 15.2 Å². The van der Waals surface area contributed by atoms with Crippen molar-refractivity contribution >= 4 is 38.3 Å². The first-order valence-corrected chi connectivity index (χ1v) is 11.2. The van der Waals surface area contributed by atoms with Crippen LogP contribution in [-0.2, 0) is 14.8 Å². The molecule has 3 rings (SSSR count). The van der Waals surface area contributed by atoms with Crippen LogP contribution in [-0.4, -0.2) is 69.5 Å². The highest BCUT2D eigenvalue weighted by molar-refractivity contribution is 7.89. The van der Waals surface area contributed by atoms with Crippen LogP contribution in [0.3, 0.4) is 0 Å². The molecule has 2 heterocycles. The highest BCUT2D eigenvalue weighted by atomic mass is 32.2. The Kier molecular flexibility index (Phi) is 6.92. The van der Waals surface area contributed by atoms with Crippen LogP contribution < -0.4 is 15.8 Å². The lowest BCUT2D eigenvalue weighted by Gasteiger charge is -2.26. The van der Waals surface area contributed by atoms with Gasteiger partial charge >= 0.3 is 0 Å². The monoisotopic (exact) mass is 439 g/mol. The Bertz CT molecular complexity index is 968. The number of carbonyl (C=O) groups excluding carboxylic acids is 2. The molecule has 1 aliphatic rings. The van der Waals surface area contributed by atoms with Gasteiger partial charge in [-0.15, -0.1) is 0 Å². The summed E-state index contributed by atoms with van der Waals surface area (Å²) in [6.07, 6.45) is 1.40. The summed E-state index contributed by atoms with van der Waals surface area (Å²) >= 11 is 1.05. The normalized spacial score (nSPS) is 15.1. The van der Waals surface area contributed by atoms with Crippen molar-refractivity contribution in [3.05, 3.63) is 40.9 Å². The van der Waals surface area contributed by atoms with Gasteiger partial charge in [0.1, 0.15) is 4.88 Å². The summed E-state index contributed by atoms with van der Waals surface area (Å²) in [6, 6.07) is 5.20. The molecule has 0 aliphatic carbocycles. The number of ether oxygens (including phenoxy) is 1. The van der Waals surface area contributed by atoms with Crippen LogP contribution in [0.1, 0.15) is 20.0 Å². The third kappa shape index (κ3) is 6.05. The number of morpholine rings is 1. The van der Waals surface area contributed by atoms with Crippen molar-refractivity contribution in [1.29, 1.82) is 0 Å². The minimum Gasteiger partial charge on any atom is -0.379 e. The van der Waals surface area contributed by atoms with Crippen molar-refractivity contribution in [3.63, 3.8) is 0 Å². The van der Waals surface area contributed by atoms with Gasteiger partial charge in [0.25, 0.3) is 11.8 Å². The minimum atomic E-state index is -3.82. The largest absolute Gasteiger partial charge is 0.379 e. The average molecular weight is 440 g/mol. The maximum absolute atomic E-state index is 12.3. The lowest BCUT2D eigenvalue weighted by molar-refractivity contribution is 0.0383. The van der Waals surface area contributed by atoms with E-state index < -0.39 is 15.9 Å². The number of benzene rings is 1. The first-order valence-electron chi connectivity index (χ1n) is 8.81. The molecule has 0 saturated carbocycles. The number of rotatable bonds is 7. The quantitative estimate of drug-likeness (QED) is 0.555. The topological polar surface area (TPSA) is 144 Å². The SMILES string of the molecule is NS(=O)(=O)c1ccc(C(=O)Nc2ncc(C(=O)NCCN3CCOCC3)s2)cc1. The van der Waals surface area contributed by atoms with E-state index in [-0.39, 0.29) is 21.5 Å². The molecule has 156 valence electrons. The Morgan fingerprint density at radius 1 is 1.17 bits per heavy atom. The molecule has 1 saturated heterocycles. The zero-order valence-corrected chi connectivity index (χ0v) is 17.1. The molecular weight excluding hydrogens is 418 g/mol. The summed E-state index contributed by atoms with van der Waals surface area (Å²) in [5.74, 6) is -0.728. The highest BCUT2D eigenvalue weighted by Crippen LogP contribution is 2.19. The number of sulfonamides is 1. The summed E-state index contributed by atoms with van der Waals surface area (Å²) in [5, 5.41) is 10.7. The number of nitrogens with one attached hydrogen (secondary N) is 2. The number of anilines is 1. The van der Waals surface area contributed by atoms with Crippen molar-refractivity contribution in [2.24, 2.45) is 5.14 Å². The molecular formula is C17H21N5O5S2. The fourth-order valence-electron chi connectivity index (χ4n) is 2.64. The van der Waals surface area contributed by atoms with Gasteiger partial charge in [-0.25, -0.2) is 18.5 Å². The van der Waals surface area contributed by atoms with Gasteiger partial charge in [-0.1, -0.05) is 11.3 Å². The smallest absolute Gasteiger partial charge is 0.263 e. The standard InChI is InChI=1S/C17H21N5O5S2/c18-29(25,26)13-3-1-12(2-4-13)15(23)21-17-20-11-14(28-17)16(24)19-5-6-22-7-9-27-10-8-22/h1-4,11H,5-10H2,(H,19,24)(H2,18,25,26)(H,20,21,23). The van der Waals surface area contributed by atoms with Gasteiger partial charge in [-0.05, 0) is 24.3 Å². The number of primary sulfonamides is 1. The van der Waals surface area contributed by atoms with Crippen LogP contribution in [0.25, 0.3) is 0 Å². The van der Waals surface area contributed by atoms with Crippen LogP contribution in [0.5, 0.6) is 0 Å². The van der Waals surface area contributed by atoms with E-state index in [4.69, 9.17) is 9.88 Å². The van der Waals surface area contributed by atoms with E-state index in [1.165, 1.54) is 30.5 Å². The number of amides is 2. The maximum atomic E-state index is 12.3. The van der Waals surface area contributed by atoms with Gasteiger partial charge in [-0.2, -0.15) is 0 Å². The number of hydrogen-bond acceptors (Lipinski definition) is 8. The Morgan fingerprint density at radius 3 is 2.52 bits per heavy atom. The van der Waals surface area contributed by atoms with Crippen LogP contribution in [0.15, 0.2) is 35.4 Å². The molecule has 0 unspecified atom stereocenters. The number of hydrogen-bond donors (Lipinski definition) is 3. The molecule has 0 bridgehead atoms. The Balaban J connectivity index is 1.51. The molecule has 1 aromatic heterocycles. The summed E-state index contributed by atoms with van der Waals surface area (Å²) in [5.41, 5.74) is 0.240. The predicted molar refractivity (Wildman–Crippen MR) is 107 cm³/mol. The molecule has 0 radical (unpaired) electrons. The second kappa shape index (κ2) is 9.41. The summed E-state index contributed by atoms with van der Waals surface area (Å²) in [6.45, 7) is 4.36. The zero-order chi connectivity index (χ0) is 20.9. The van der Waals surface area contributed by atoms with E-state index in [1.807, 2.05) is 0 Å². The van der Waals surface area contributed by atoms with E-state index in [0.29, 0.717) is 24.6 Å². The van der Waals surface area contributed by atoms with Gasteiger partial charge in [0.05, 0.1) is 24.3 Å². The number of aromatic nitrogens is 1. The van der Waals surface area contributed by atoms with E-state index in [0.717, 1.165) is 31.0 Å². The first-order chi connectivity index (χ1) is 13.8.